The van der Waals surface area contributed by atoms with Crippen molar-refractivity contribution in [2.75, 3.05) is 5.75 Å². The van der Waals surface area contributed by atoms with Crippen LogP contribution in [-0.2, 0) is 23.0 Å². The summed E-state index contributed by atoms with van der Waals surface area (Å²) in [6.45, 7) is 0.316. The highest BCUT2D eigenvalue weighted by Gasteiger charge is 2.09. The van der Waals surface area contributed by atoms with Crippen LogP contribution < -0.4 is 4.72 Å². The molecule has 0 amide bonds. The van der Waals surface area contributed by atoms with E-state index in [2.05, 4.69) is 9.71 Å². The molecule has 1 aromatic heterocycles. The molecule has 0 saturated carbocycles. The van der Waals surface area contributed by atoms with Crippen molar-refractivity contribution in [1.82, 2.24) is 9.71 Å². The maximum Gasteiger partial charge on any atom is 0.211 e. The molecule has 0 unspecified atom stereocenters. The van der Waals surface area contributed by atoms with Gasteiger partial charge in [0, 0.05) is 18.9 Å². The number of hydrogen-bond donors (Lipinski definition) is 1. The van der Waals surface area contributed by atoms with Gasteiger partial charge in [-0.1, -0.05) is 30.3 Å². The lowest BCUT2D eigenvalue weighted by Crippen LogP contribution is -2.26. The highest BCUT2D eigenvalue weighted by atomic mass is 32.2. The largest absolute Gasteiger partial charge is 0.265 e. The van der Waals surface area contributed by atoms with Crippen molar-refractivity contribution in [3.05, 3.63) is 66.0 Å². The number of hydrogen-bond acceptors (Lipinski definition) is 3. The van der Waals surface area contributed by atoms with Crippen LogP contribution in [0.4, 0.5) is 0 Å². The minimum atomic E-state index is -3.22. The molecule has 0 spiro atoms. The van der Waals surface area contributed by atoms with Crippen LogP contribution in [-0.4, -0.2) is 19.2 Å². The Morgan fingerprint density at radius 3 is 2.35 bits per heavy atom. The average Bonchev–Trinajstić information content (AvgIpc) is 2.47. The summed E-state index contributed by atoms with van der Waals surface area (Å²) in [5.41, 5.74) is 2.07. The second-order valence-electron chi connectivity index (χ2n) is 4.58. The van der Waals surface area contributed by atoms with Gasteiger partial charge in [0.15, 0.2) is 0 Å². The van der Waals surface area contributed by atoms with E-state index in [1.807, 2.05) is 30.3 Å². The van der Waals surface area contributed by atoms with Gasteiger partial charge in [-0.15, -0.1) is 0 Å². The third-order valence-electron chi connectivity index (χ3n) is 2.97. The number of nitrogens with one attached hydrogen (secondary N) is 1. The standard InChI is InChI=1S/C15H18N2O2S/c18-20(19,17-13-15-8-10-16-11-9-15)12-4-7-14-5-2-1-3-6-14/h1-3,5-6,8-11,17H,4,7,12-13H2. The Hall–Kier alpha value is -1.72. The summed E-state index contributed by atoms with van der Waals surface area (Å²) in [5, 5.41) is 0. The molecule has 1 heterocycles. The van der Waals surface area contributed by atoms with Crippen molar-refractivity contribution in [1.29, 1.82) is 0 Å². The highest BCUT2D eigenvalue weighted by molar-refractivity contribution is 7.89. The van der Waals surface area contributed by atoms with Crippen LogP contribution in [0.25, 0.3) is 0 Å². The highest BCUT2D eigenvalue weighted by Crippen LogP contribution is 2.04. The summed E-state index contributed by atoms with van der Waals surface area (Å²) in [5.74, 6) is 0.146. The van der Waals surface area contributed by atoms with E-state index in [4.69, 9.17) is 0 Å². The first-order valence-corrected chi connectivity index (χ1v) is 8.21. The van der Waals surface area contributed by atoms with Crippen LogP contribution in [0.5, 0.6) is 0 Å². The van der Waals surface area contributed by atoms with Gasteiger partial charge in [0.2, 0.25) is 10.0 Å². The number of sulfonamides is 1. The van der Waals surface area contributed by atoms with E-state index in [0.29, 0.717) is 13.0 Å². The second-order valence-corrected chi connectivity index (χ2v) is 6.51. The summed E-state index contributed by atoms with van der Waals surface area (Å²) in [7, 11) is -3.22. The maximum absolute atomic E-state index is 11.9. The summed E-state index contributed by atoms with van der Waals surface area (Å²) in [6, 6.07) is 13.5. The Kier molecular flexibility index (Phi) is 5.26. The fourth-order valence-electron chi connectivity index (χ4n) is 1.88. The number of nitrogens with zero attached hydrogens (tertiary/aromatic N) is 1. The maximum atomic E-state index is 11.9. The number of benzene rings is 1. The van der Waals surface area contributed by atoms with E-state index in [1.165, 1.54) is 0 Å². The molecule has 5 heteroatoms. The van der Waals surface area contributed by atoms with Gasteiger partial charge in [-0.3, -0.25) is 4.98 Å². The molecule has 1 aromatic carbocycles. The lowest BCUT2D eigenvalue weighted by molar-refractivity contribution is 0.578. The van der Waals surface area contributed by atoms with Crippen molar-refractivity contribution >= 4 is 10.0 Å². The Bertz CT molecular complexity index is 613. The zero-order valence-electron chi connectivity index (χ0n) is 11.2. The van der Waals surface area contributed by atoms with Crippen molar-refractivity contribution in [2.24, 2.45) is 0 Å². The van der Waals surface area contributed by atoms with Crippen LogP contribution in [0.2, 0.25) is 0 Å². The average molecular weight is 290 g/mol. The molecule has 0 fully saturated rings. The van der Waals surface area contributed by atoms with Crippen LogP contribution in [0, 0.1) is 0 Å². The van der Waals surface area contributed by atoms with Crippen LogP contribution >= 0.6 is 0 Å². The van der Waals surface area contributed by atoms with E-state index >= 15 is 0 Å². The Morgan fingerprint density at radius 1 is 0.950 bits per heavy atom. The predicted molar refractivity (Wildman–Crippen MR) is 79.6 cm³/mol. The molecule has 0 aliphatic heterocycles. The molecule has 4 nitrogen and oxygen atoms in total. The number of aromatic nitrogens is 1. The van der Waals surface area contributed by atoms with Gasteiger partial charge in [-0.2, -0.15) is 0 Å². The Balaban J connectivity index is 1.77. The molecule has 106 valence electrons. The molecule has 0 bridgehead atoms. The first kappa shape index (κ1) is 14.7. The van der Waals surface area contributed by atoms with Gasteiger partial charge < -0.3 is 0 Å². The molecule has 2 rings (SSSR count). The molecule has 0 aliphatic rings. The van der Waals surface area contributed by atoms with Crippen LogP contribution in [0.3, 0.4) is 0 Å². The summed E-state index contributed by atoms with van der Waals surface area (Å²) in [4.78, 5) is 3.90. The fourth-order valence-corrected chi connectivity index (χ4v) is 2.93. The number of aryl methyl sites for hydroxylation is 1. The molecule has 0 aliphatic carbocycles. The third kappa shape index (κ3) is 5.11. The Labute approximate surface area is 119 Å². The van der Waals surface area contributed by atoms with Crippen molar-refractivity contribution in [3.63, 3.8) is 0 Å². The molecule has 1 N–H and O–H groups in total. The summed E-state index contributed by atoms with van der Waals surface area (Å²) < 4.78 is 26.3. The van der Waals surface area contributed by atoms with Gasteiger partial charge in [-0.25, -0.2) is 13.1 Å². The first-order chi connectivity index (χ1) is 9.66. The van der Waals surface area contributed by atoms with Gasteiger partial charge >= 0.3 is 0 Å². The quantitative estimate of drug-likeness (QED) is 0.850. The van der Waals surface area contributed by atoms with E-state index in [9.17, 15) is 8.42 Å². The molecule has 0 atom stereocenters. The second kappa shape index (κ2) is 7.17. The summed E-state index contributed by atoms with van der Waals surface area (Å²) in [6.07, 6.45) is 4.70. The van der Waals surface area contributed by atoms with E-state index in [1.54, 1.807) is 24.5 Å². The zero-order valence-corrected chi connectivity index (χ0v) is 12.0. The first-order valence-electron chi connectivity index (χ1n) is 6.56. The SMILES string of the molecule is O=S(=O)(CCCc1ccccc1)NCc1ccncc1. The predicted octanol–water partition coefficient (Wildman–Crippen LogP) is 2.13. The molecular weight excluding hydrogens is 272 g/mol. The van der Waals surface area contributed by atoms with Gasteiger partial charge in [0.05, 0.1) is 5.75 Å². The van der Waals surface area contributed by atoms with Crippen molar-refractivity contribution < 1.29 is 8.42 Å². The fraction of sp³-hybridized carbons (Fsp3) is 0.267. The number of rotatable bonds is 7. The molecule has 2 aromatic rings. The third-order valence-corrected chi connectivity index (χ3v) is 4.38. The van der Waals surface area contributed by atoms with E-state index in [-0.39, 0.29) is 5.75 Å². The van der Waals surface area contributed by atoms with Gasteiger partial charge in [-0.05, 0) is 36.1 Å². The van der Waals surface area contributed by atoms with Crippen LogP contribution in [0.15, 0.2) is 54.9 Å². The summed E-state index contributed by atoms with van der Waals surface area (Å²) >= 11 is 0. The van der Waals surface area contributed by atoms with E-state index in [0.717, 1.165) is 17.5 Å². The molecule has 20 heavy (non-hydrogen) atoms. The number of pyridine rings is 1. The van der Waals surface area contributed by atoms with Crippen molar-refractivity contribution in [2.45, 2.75) is 19.4 Å². The topological polar surface area (TPSA) is 59.1 Å². The van der Waals surface area contributed by atoms with Gasteiger partial charge in [0.1, 0.15) is 0 Å². The monoisotopic (exact) mass is 290 g/mol. The lowest BCUT2D eigenvalue weighted by Gasteiger charge is -2.06. The lowest BCUT2D eigenvalue weighted by atomic mass is 10.1. The molecule has 0 radical (unpaired) electrons. The van der Waals surface area contributed by atoms with Crippen LogP contribution in [0.1, 0.15) is 17.5 Å². The van der Waals surface area contributed by atoms with E-state index < -0.39 is 10.0 Å². The smallest absolute Gasteiger partial charge is 0.211 e. The molecular formula is C15H18N2O2S. The minimum Gasteiger partial charge on any atom is -0.265 e. The molecule has 0 saturated heterocycles. The van der Waals surface area contributed by atoms with Crippen molar-refractivity contribution in [3.8, 4) is 0 Å². The van der Waals surface area contributed by atoms with Gasteiger partial charge in [0.25, 0.3) is 0 Å². The zero-order chi connectivity index (χ0) is 14.3. The minimum absolute atomic E-state index is 0.146. The normalized spacial score (nSPS) is 11.4. The Morgan fingerprint density at radius 2 is 1.65 bits per heavy atom.